The van der Waals surface area contributed by atoms with Crippen molar-refractivity contribution in [2.45, 2.75) is 24.0 Å². The zero-order chi connectivity index (χ0) is 19.3. The second-order valence-electron chi connectivity index (χ2n) is 5.13. The Balaban J connectivity index is 2.57. The molecule has 1 aromatic heterocycles. The quantitative estimate of drug-likeness (QED) is 0.347. The zero-order valence-corrected chi connectivity index (χ0v) is 16.5. The average molecular weight is 390 g/mol. The zero-order valence-electron chi connectivity index (χ0n) is 14.8. The predicted octanol–water partition coefficient (Wildman–Crippen LogP) is 3.04. The summed E-state index contributed by atoms with van der Waals surface area (Å²) in [5, 5.41) is 13.2. The van der Waals surface area contributed by atoms with E-state index in [1.807, 2.05) is 6.92 Å². The molecular formula is C17H18N4O3S2. The first-order valence-corrected chi connectivity index (χ1v) is 10.2. The standard InChI is InChI=1S/C17H18N4O3S2/c1-5-26(23)17-20-14(12(9-18)15(21-17)25-4)19-13-8-11(16(22)24-3)7-6-10(13)2/h6-8H,5H2,1-4H3,(H,19,20,21). The summed E-state index contributed by atoms with van der Waals surface area (Å²) < 4.78 is 16.9. The van der Waals surface area contributed by atoms with Crippen LogP contribution in [0.1, 0.15) is 28.4 Å². The van der Waals surface area contributed by atoms with Gasteiger partial charge in [-0.15, -0.1) is 11.8 Å². The third-order valence-corrected chi connectivity index (χ3v) is 5.33. The lowest BCUT2D eigenvalue weighted by Crippen LogP contribution is -2.09. The molecule has 1 aromatic carbocycles. The van der Waals surface area contributed by atoms with Crippen LogP contribution in [0.2, 0.25) is 0 Å². The van der Waals surface area contributed by atoms with Crippen LogP contribution in [0.4, 0.5) is 11.5 Å². The molecule has 0 saturated carbocycles. The summed E-state index contributed by atoms with van der Waals surface area (Å²) in [5.74, 6) is 0.165. The van der Waals surface area contributed by atoms with Gasteiger partial charge in [0.05, 0.1) is 23.5 Å². The van der Waals surface area contributed by atoms with Crippen LogP contribution in [-0.4, -0.2) is 39.3 Å². The number of thioether (sulfide) groups is 1. The molecular weight excluding hydrogens is 372 g/mol. The second kappa shape index (κ2) is 8.78. The van der Waals surface area contributed by atoms with Crippen LogP contribution in [0, 0.1) is 18.3 Å². The van der Waals surface area contributed by atoms with Gasteiger partial charge >= 0.3 is 5.97 Å². The van der Waals surface area contributed by atoms with Crippen molar-refractivity contribution >= 4 is 40.0 Å². The monoisotopic (exact) mass is 390 g/mol. The minimum atomic E-state index is -1.36. The molecule has 0 aliphatic heterocycles. The van der Waals surface area contributed by atoms with E-state index in [0.717, 1.165) is 5.56 Å². The van der Waals surface area contributed by atoms with Gasteiger partial charge in [-0.05, 0) is 30.9 Å². The van der Waals surface area contributed by atoms with E-state index in [4.69, 9.17) is 4.74 Å². The molecule has 26 heavy (non-hydrogen) atoms. The largest absolute Gasteiger partial charge is 0.465 e. The minimum Gasteiger partial charge on any atom is -0.465 e. The molecule has 0 fully saturated rings. The van der Waals surface area contributed by atoms with E-state index in [0.29, 0.717) is 22.0 Å². The molecule has 9 heteroatoms. The summed E-state index contributed by atoms with van der Waals surface area (Å²) in [7, 11) is -0.0483. The van der Waals surface area contributed by atoms with E-state index < -0.39 is 16.8 Å². The van der Waals surface area contributed by atoms with E-state index in [9.17, 15) is 14.3 Å². The highest BCUT2D eigenvalue weighted by molar-refractivity contribution is 7.98. The van der Waals surface area contributed by atoms with Crippen LogP contribution in [0.3, 0.4) is 0 Å². The maximum atomic E-state index is 12.1. The molecule has 1 heterocycles. The second-order valence-corrected chi connectivity index (χ2v) is 7.56. The first-order chi connectivity index (χ1) is 12.4. The van der Waals surface area contributed by atoms with Crippen molar-refractivity contribution < 1.29 is 13.7 Å². The Morgan fingerprint density at radius 3 is 2.73 bits per heavy atom. The van der Waals surface area contributed by atoms with Crippen molar-refractivity contribution in [1.82, 2.24) is 9.97 Å². The highest BCUT2D eigenvalue weighted by Crippen LogP contribution is 2.28. The summed E-state index contributed by atoms with van der Waals surface area (Å²) in [6.45, 7) is 3.63. The minimum absolute atomic E-state index is 0.167. The summed E-state index contributed by atoms with van der Waals surface area (Å²) in [4.78, 5) is 20.3. The fraction of sp³-hybridized carbons (Fsp3) is 0.294. The molecule has 0 aliphatic carbocycles. The molecule has 1 unspecified atom stereocenters. The third kappa shape index (κ3) is 4.20. The molecule has 0 bridgehead atoms. The molecule has 0 aliphatic rings. The number of hydrogen-bond acceptors (Lipinski definition) is 8. The van der Waals surface area contributed by atoms with Gasteiger partial charge in [0.25, 0.3) is 0 Å². The Labute approximate surface area is 158 Å². The van der Waals surface area contributed by atoms with E-state index >= 15 is 0 Å². The summed E-state index contributed by atoms with van der Waals surface area (Å²) in [5.41, 5.74) is 2.08. The Bertz CT molecular complexity index is 910. The number of ether oxygens (including phenoxy) is 1. The number of rotatable bonds is 6. The molecule has 1 N–H and O–H groups in total. The molecule has 0 spiro atoms. The molecule has 7 nitrogen and oxygen atoms in total. The van der Waals surface area contributed by atoms with Crippen molar-refractivity contribution in [1.29, 1.82) is 5.26 Å². The summed E-state index contributed by atoms with van der Waals surface area (Å²) >= 11 is 1.28. The number of aromatic nitrogens is 2. The van der Waals surface area contributed by atoms with Crippen LogP contribution in [0.5, 0.6) is 0 Å². The Hall–Kier alpha value is -2.44. The maximum absolute atomic E-state index is 12.1. The molecule has 0 amide bonds. The molecule has 0 saturated heterocycles. The number of nitrogens with one attached hydrogen (secondary N) is 1. The lowest BCUT2D eigenvalue weighted by Gasteiger charge is -2.13. The highest BCUT2D eigenvalue weighted by atomic mass is 32.2. The van der Waals surface area contributed by atoms with Crippen molar-refractivity contribution in [3.63, 3.8) is 0 Å². The van der Waals surface area contributed by atoms with Crippen molar-refractivity contribution in [2.75, 3.05) is 24.4 Å². The van der Waals surface area contributed by atoms with Gasteiger partial charge in [0.1, 0.15) is 16.7 Å². The normalized spacial score (nSPS) is 11.5. The van der Waals surface area contributed by atoms with E-state index in [-0.39, 0.29) is 16.5 Å². The van der Waals surface area contributed by atoms with Gasteiger partial charge in [-0.1, -0.05) is 13.0 Å². The number of methoxy groups -OCH3 is 1. The van der Waals surface area contributed by atoms with Gasteiger partial charge in [0, 0.05) is 11.4 Å². The third-order valence-electron chi connectivity index (χ3n) is 3.54. The van der Waals surface area contributed by atoms with Gasteiger partial charge in [0.15, 0.2) is 5.82 Å². The Morgan fingerprint density at radius 1 is 1.42 bits per heavy atom. The average Bonchev–Trinajstić information content (AvgIpc) is 2.67. The molecule has 1 atom stereocenters. The van der Waals surface area contributed by atoms with Gasteiger partial charge in [-0.2, -0.15) is 5.26 Å². The van der Waals surface area contributed by atoms with Crippen molar-refractivity contribution in [3.8, 4) is 6.07 Å². The van der Waals surface area contributed by atoms with Crippen LogP contribution >= 0.6 is 11.8 Å². The predicted molar refractivity (Wildman–Crippen MR) is 101 cm³/mol. The number of nitrogens with zero attached hydrogens (tertiary/aromatic N) is 3. The number of esters is 1. The van der Waals surface area contributed by atoms with Crippen LogP contribution in [0.25, 0.3) is 0 Å². The topological polar surface area (TPSA) is 105 Å². The molecule has 2 aromatic rings. The first kappa shape index (κ1) is 19.9. The fourth-order valence-electron chi connectivity index (χ4n) is 2.12. The summed E-state index contributed by atoms with van der Waals surface area (Å²) in [6, 6.07) is 7.13. The Morgan fingerprint density at radius 2 is 2.15 bits per heavy atom. The molecule has 2 rings (SSSR count). The van der Waals surface area contributed by atoms with Crippen LogP contribution < -0.4 is 5.32 Å². The lowest BCUT2D eigenvalue weighted by molar-refractivity contribution is 0.0601. The van der Waals surface area contributed by atoms with Gasteiger partial charge in [-0.3, -0.25) is 4.21 Å². The summed E-state index contributed by atoms with van der Waals surface area (Å²) in [6.07, 6.45) is 1.79. The fourth-order valence-corrected chi connectivity index (χ4v) is 3.35. The number of nitriles is 1. The number of aryl methyl sites for hydroxylation is 1. The SMILES string of the molecule is CCS(=O)c1nc(Nc2cc(C(=O)OC)ccc2C)c(C#N)c(SC)n1. The number of hydrogen-bond donors (Lipinski definition) is 1. The van der Waals surface area contributed by atoms with E-state index in [2.05, 4.69) is 21.4 Å². The number of carbonyl (C=O) groups excluding carboxylic acids is 1. The highest BCUT2D eigenvalue weighted by Gasteiger charge is 2.18. The van der Waals surface area contributed by atoms with E-state index in [1.54, 1.807) is 31.4 Å². The van der Waals surface area contributed by atoms with Crippen LogP contribution in [0.15, 0.2) is 28.4 Å². The maximum Gasteiger partial charge on any atom is 0.337 e. The number of carbonyl (C=O) groups is 1. The van der Waals surface area contributed by atoms with Gasteiger partial charge < -0.3 is 10.1 Å². The molecule has 136 valence electrons. The first-order valence-electron chi connectivity index (χ1n) is 7.65. The van der Waals surface area contributed by atoms with Crippen molar-refractivity contribution in [2.24, 2.45) is 0 Å². The number of anilines is 2. The number of benzene rings is 1. The van der Waals surface area contributed by atoms with Crippen LogP contribution in [-0.2, 0) is 15.5 Å². The van der Waals surface area contributed by atoms with E-state index in [1.165, 1.54) is 18.9 Å². The smallest absolute Gasteiger partial charge is 0.337 e. The van der Waals surface area contributed by atoms with Gasteiger partial charge in [0.2, 0.25) is 5.16 Å². The van der Waals surface area contributed by atoms with Crippen molar-refractivity contribution in [3.05, 3.63) is 34.9 Å². The van der Waals surface area contributed by atoms with Gasteiger partial charge in [-0.25, -0.2) is 14.8 Å². The Kier molecular flexibility index (Phi) is 6.71. The molecule has 0 radical (unpaired) electrons. The lowest BCUT2D eigenvalue weighted by atomic mass is 10.1.